The fourth-order valence-corrected chi connectivity index (χ4v) is 5.00. The van der Waals surface area contributed by atoms with E-state index < -0.39 is 15.8 Å². The van der Waals surface area contributed by atoms with Crippen molar-refractivity contribution >= 4 is 44.8 Å². The van der Waals surface area contributed by atoms with Crippen LogP contribution >= 0.6 is 23.2 Å². The first kappa shape index (κ1) is 20.0. The van der Waals surface area contributed by atoms with Crippen molar-refractivity contribution in [2.24, 2.45) is 5.92 Å². The van der Waals surface area contributed by atoms with E-state index in [-0.39, 0.29) is 40.0 Å². The van der Waals surface area contributed by atoms with Crippen molar-refractivity contribution < 1.29 is 17.6 Å². The van der Waals surface area contributed by atoms with Crippen molar-refractivity contribution in [2.75, 3.05) is 18.4 Å². The Balaban J connectivity index is 1.65. The minimum absolute atomic E-state index is 0.0485. The molecule has 1 N–H and O–H groups in total. The number of rotatable bonds is 4. The van der Waals surface area contributed by atoms with Crippen molar-refractivity contribution in [1.82, 2.24) is 9.29 Å². The van der Waals surface area contributed by atoms with E-state index in [1.165, 1.54) is 34.8 Å². The molecule has 1 amide bonds. The molecule has 0 radical (unpaired) electrons. The van der Waals surface area contributed by atoms with Gasteiger partial charge in [-0.3, -0.25) is 4.79 Å². The molecule has 1 aliphatic heterocycles. The van der Waals surface area contributed by atoms with Gasteiger partial charge in [-0.15, -0.1) is 0 Å². The minimum Gasteiger partial charge on any atom is -0.325 e. The van der Waals surface area contributed by atoms with E-state index in [1.807, 2.05) is 0 Å². The highest BCUT2D eigenvalue weighted by Crippen LogP contribution is 2.28. The molecule has 3 rings (SSSR count). The second-order valence-corrected chi connectivity index (χ2v) is 8.76. The van der Waals surface area contributed by atoms with Crippen LogP contribution in [0.25, 0.3) is 0 Å². The molecule has 1 aromatic carbocycles. The Kier molecular flexibility index (Phi) is 6.00. The lowest BCUT2D eigenvalue weighted by molar-refractivity contribution is -0.120. The fraction of sp³-hybridized carbons (Fsp3) is 0.294. The Morgan fingerprint density at radius 2 is 1.93 bits per heavy atom. The zero-order chi connectivity index (χ0) is 19.6. The summed E-state index contributed by atoms with van der Waals surface area (Å²) in [5.74, 6) is -1.15. The van der Waals surface area contributed by atoms with Crippen molar-refractivity contribution in [2.45, 2.75) is 17.7 Å². The highest BCUT2D eigenvalue weighted by atomic mass is 35.5. The van der Waals surface area contributed by atoms with Crippen LogP contribution in [0.3, 0.4) is 0 Å². The number of nitrogens with zero attached hydrogens (tertiary/aromatic N) is 2. The number of nitrogens with one attached hydrogen (secondary N) is 1. The van der Waals surface area contributed by atoms with Crippen molar-refractivity contribution in [3.05, 3.63) is 52.5 Å². The summed E-state index contributed by atoms with van der Waals surface area (Å²) in [7, 11) is -3.77. The van der Waals surface area contributed by atoms with Gasteiger partial charge in [0.15, 0.2) is 0 Å². The fourth-order valence-electron chi connectivity index (χ4n) is 2.89. The van der Waals surface area contributed by atoms with Crippen LogP contribution in [0.5, 0.6) is 0 Å². The summed E-state index contributed by atoms with van der Waals surface area (Å²) in [6, 6.07) is 6.61. The Morgan fingerprint density at radius 3 is 2.56 bits per heavy atom. The standard InChI is InChI=1S/C17H16Cl2FN3O3S/c18-13-10-12(20)3-4-14(13)22-17(24)11-5-8-23(9-6-11)27(25,26)15-2-1-7-21-16(15)19/h1-4,7,10-11H,5-6,8-9H2,(H,22,24). The number of benzene rings is 1. The molecule has 144 valence electrons. The van der Waals surface area contributed by atoms with Gasteiger partial charge in [-0.2, -0.15) is 4.31 Å². The molecule has 6 nitrogen and oxygen atoms in total. The maximum atomic E-state index is 13.1. The molecular formula is C17H16Cl2FN3O3S. The average Bonchev–Trinajstić information content (AvgIpc) is 2.64. The first-order valence-corrected chi connectivity index (χ1v) is 10.3. The van der Waals surface area contributed by atoms with E-state index in [0.717, 1.165) is 6.07 Å². The lowest BCUT2D eigenvalue weighted by Crippen LogP contribution is -2.41. The first-order chi connectivity index (χ1) is 12.8. The number of pyridine rings is 1. The Hall–Kier alpha value is -1.74. The Morgan fingerprint density at radius 1 is 1.22 bits per heavy atom. The van der Waals surface area contributed by atoms with Gasteiger partial charge in [-0.1, -0.05) is 23.2 Å². The summed E-state index contributed by atoms with van der Waals surface area (Å²) in [5, 5.41) is 2.69. The molecule has 0 unspecified atom stereocenters. The van der Waals surface area contributed by atoms with Gasteiger partial charge in [0, 0.05) is 25.2 Å². The molecule has 1 aliphatic rings. The van der Waals surface area contributed by atoms with Gasteiger partial charge in [-0.25, -0.2) is 17.8 Å². The van der Waals surface area contributed by atoms with Crippen molar-refractivity contribution in [1.29, 1.82) is 0 Å². The van der Waals surface area contributed by atoms with Gasteiger partial charge in [0.25, 0.3) is 0 Å². The molecule has 2 heterocycles. The van der Waals surface area contributed by atoms with E-state index in [9.17, 15) is 17.6 Å². The van der Waals surface area contributed by atoms with Crippen LogP contribution in [0, 0.1) is 11.7 Å². The van der Waals surface area contributed by atoms with E-state index in [0.29, 0.717) is 18.5 Å². The lowest BCUT2D eigenvalue weighted by atomic mass is 9.97. The third-order valence-electron chi connectivity index (χ3n) is 4.36. The number of carbonyl (C=O) groups excluding carboxylic acids is 1. The number of sulfonamides is 1. The molecule has 0 bridgehead atoms. The highest BCUT2D eigenvalue weighted by Gasteiger charge is 2.33. The predicted octanol–water partition coefficient (Wildman–Crippen LogP) is 3.57. The van der Waals surface area contributed by atoms with Crippen LogP contribution < -0.4 is 5.32 Å². The number of hydrogen-bond donors (Lipinski definition) is 1. The molecule has 10 heteroatoms. The quantitative estimate of drug-likeness (QED) is 0.750. The topological polar surface area (TPSA) is 79.4 Å². The van der Waals surface area contributed by atoms with E-state index in [4.69, 9.17) is 23.2 Å². The van der Waals surface area contributed by atoms with Crippen LogP contribution in [-0.4, -0.2) is 36.7 Å². The molecular weight excluding hydrogens is 416 g/mol. The van der Waals surface area contributed by atoms with Crippen LogP contribution in [0.2, 0.25) is 10.2 Å². The van der Waals surface area contributed by atoms with E-state index in [1.54, 1.807) is 0 Å². The molecule has 1 saturated heterocycles. The molecule has 1 fully saturated rings. The third-order valence-corrected chi connectivity index (χ3v) is 7.01. The lowest BCUT2D eigenvalue weighted by Gasteiger charge is -2.30. The SMILES string of the molecule is O=C(Nc1ccc(F)cc1Cl)C1CCN(S(=O)(=O)c2cccnc2Cl)CC1. The van der Waals surface area contributed by atoms with Gasteiger partial charge < -0.3 is 5.32 Å². The number of piperidine rings is 1. The summed E-state index contributed by atoms with van der Waals surface area (Å²) in [6.07, 6.45) is 2.11. The maximum absolute atomic E-state index is 13.1. The minimum atomic E-state index is -3.77. The number of carbonyl (C=O) groups is 1. The normalized spacial score (nSPS) is 16.3. The summed E-state index contributed by atoms with van der Waals surface area (Å²) in [4.78, 5) is 16.2. The van der Waals surface area contributed by atoms with Crippen LogP contribution in [-0.2, 0) is 14.8 Å². The highest BCUT2D eigenvalue weighted by molar-refractivity contribution is 7.89. The Bertz CT molecular complexity index is 964. The second kappa shape index (κ2) is 8.10. The summed E-state index contributed by atoms with van der Waals surface area (Å²) >= 11 is 11.8. The van der Waals surface area contributed by atoms with Gasteiger partial charge in [0.1, 0.15) is 15.9 Å². The molecule has 0 spiro atoms. The van der Waals surface area contributed by atoms with Crippen LogP contribution in [0.4, 0.5) is 10.1 Å². The van der Waals surface area contributed by atoms with Gasteiger partial charge in [-0.05, 0) is 43.2 Å². The maximum Gasteiger partial charge on any atom is 0.246 e. The number of amides is 1. The third kappa shape index (κ3) is 4.40. The van der Waals surface area contributed by atoms with E-state index >= 15 is 0 Å². The summed E-state index contributed by atoms with van der Waals surface area (Å²) in [5.41, 5.74) is 0.320. The molecule has 1 aromatic heterocycles. The monoisotopic (exact) mass is 431 g/mol. The van der Waals surface area contributed by atoms with Gasteiger partial charge >= 0.3 is 0 Å². The van der Waals surface area contributed by atoms with Crippen LogP contribution in [0.1, 0.15) is 12.8 Å². The number of aromatic nitrogens is 1. The molecule has 0 saturated carbocycles. The van der Waals surface area contributed by atoms with Crippen molar-refractivity contribution in [3.8, 4) is 0 Å². The molecule has 2 aromatic rings. The smallest absolute Gasteiger partial charge is 0.246 e. The van der Waals surface area contributed by atoms with E-state index in [2.05, 4.69) is 10.3 Å². The van der Waals surface area contributed by atoms with Crippen LogP contribution in [0.15, 0.2) is 41.4 Å². The zero-order valence-electron chi connectivity index (χ0n) is 14.0. The van der Waals surface area contributed by atoms with Crippen molar-refractivity contribution in [3.63, 3.8) is 0 Å². The average molecular weight is 432 g/mol. The van der Waals surface area contributed by atoms with Gasteiger partial charge in [0.2, 0.25) is 15.9 Å². The number of anilines is 1. The largest absolute Gasteiger partial charge is 0.325 e. The molecule has 0 aliphatic carbocycles. The zero-order valence-corrected chi connectivity index (χ0v) is 16.4. The number of halogens is 3. The first-order valence-electron chi connectivity index (χ1n) is 8.15. The summed E-state index contributed by atoms with van der Waals surface area (Å²) in [6.45, 7) is 0.367. The number of hydrogen-bond acceptors (Lipinski definition) is 4. The van der Waals surface area contributed by atoms with Gasteiger partial charge in [0.05, 0.1) is 10.7 Å². The molecule has 27 heavy (non-hydrogen) atoms. The predicted molar refractivity (Wildman–Crippen MR) is 101 cm³/mol. The Labute approximate surface area is 166 Å². The molecule has 0 atom stereocenters. The second-order valence-electron chi connectivity index (χ2n) is 6.08. The summed E-state index contributed by atoms with van der Waals surface area (Å²) < 4.78 is 39.8.